The lowest BCUT2D eigenvalue weighted by Gasteiger charge is -2.18. The molecular formula is C20H12ClN3O3. The van der Waals surface area contributed by atoms with Crippen LogP contribution in [0.25, 0.3) is 0 Å². The Kier molecular flexibility index (Phi) is 4.18. The molecule has 3 aromatic carbocycles. The number of hydrogen-bond acceptors (Lipinski definition) is 4. The summed E-state index contributed by atoms with van der Waals surface area (Å²) in [5.74, 6) is -0.601. The lowest BCUT2D eigenvalue weighted by atomic mass is 9.84. The molecule has 0 radical (unpaired) electrons. The number of halogens is 1. The fraction of sp³-hybridized carbons (Fsp3) is 0. The molecule has 0 amide bonds. The zero-order valence-electron chi connectivity index (χ0n) is 13.8. The molecule has 0 heterocycles. The summed E-state index contributed by atoms with van der Waals surface area (Å²) in [7, 11) is 0. The highest BCUT2D eigenvalue weighted by atomic mass is 35.5. The van der Waals surface area contributed by atoms with Crippen LogP contribution in [0.5, 0.6) is 0 Å². The average Bonchev–Trinajstić information content (AvgIpc) is 2.71. The number of carbonyl (C=O) groups is 2. The summed E-state index contributed by atoms with van der Waals surface area (Å²) in [5.41, 5.74) is 4.15. The lowest BCUT2D eigenvalue weighted by molar-refractivity contribution is -0.439. The molecule has 0 saturated heterocycles. The van der Waals surface area contributed by atoms with Crippen molar-refractivity contribution in [1.82, 2.24) is 0 Å². The Labute approximate surface area is 159 Å². The van der Waals surface area contributed by atoms with Crippen LogP contribution in [-0.4, -0.2) is 16.4 Å². The third kappa shape index (κ3) is 2.86. The Bertz CT molecular complexity index is 1110. The first kappa shape index (κ1) is 16.9. The van der Waals surface area contributed by atoms with Crippen molar-refractivity contribution in [3.8, 4) is 0 Å². The molecule has 0 atom stereocenters. The molecule has 132 valence electrons. The van der Waals surface area contributed by atoms with Gasteiger partial charge in [-0.1, -0.05) is 54.1 Å². The maximum atomic E-state index is 12.8. The average molecular weight is 378 g/mol. The highest BCUT2D eigenvalue weighted by Crippen LogP contribution is 2.36. The van der Waals surface area contributed by atoms with Crippen LogP contribution in [0.3, 0.4) is 0 Å². The van der Waals surface area contributed by atoms with E-state index in [0.717, 1.165) is 0 Å². The van der Waals surface area contributed by atoms with Gasteiger partial charge in [0.15, 0.2) is 22.9 Å². The van der Waals surface area contributed by atoms with Crippen LogP contribution in [0.1, 0.15) is 31.8 Å². The second-order valence-corrected chi connectivity index (χ2v) is 6.25. The van der Waals surface area contributed by atoms with Crippen LogP contribution < -0.4 is 5.43 Å². The second kappa shape index (κ2) is 6.66. The topological polar surface area (TPSA) is 84.6 Å². The minimum Gasteiger partial charge on any atom is -0.691 e. The van der Waals surface area contributed by atoms with Gasteiger partial charge >= 0.3 is 0 Å². The molecule has 4 rings (SSSR count). The first-order chi connectivity index (χ1) is 13.1. The van der Waals surface area contributed by atoms with E-state index in [4.69, 9.17) is 11.6 Å². The molecule has 0 fully saturated rings. The van der Waals surface area contributed by atoms with Gasteiger partial charge in [0.25, 0.3) is 0 Å². The van der Waals surface area contributed by atoms with Crippen LogP contribution in [-0.2, 0) is 0 Å². The van der Waals surface area contributed by atoms with Gasteiger partial charge in [-0.3, -0.25) is 9.59 Å². The monoisotopic (exact) mass is 377 g/mol. The number of anilines is 1. The number of hydrogen-bond donors (Lipinski definition) is 1. The summed E-state index contributed by atoms with van der Waals surface area (Å²) in [6.45, 7) is 0. The number of nitrogens with zero attached hydrogens (tertiary/aromatic N) is 2. The lowest BCUT2D eigenvalue weighted by Crippen LogP contribution is -2.21. The number of benzene rings is 3. The Morgan fingerprint density at radius 2 is 1.44 bits per heavy atom. The van der Waals surface area contributed by atoms with Gasteiger partial charge in [0.05, 0.1) is 10.8 Å². The van der Waals surface area contributed by atoms with E-state index in [0.29, 0.717) is 21.7 Å². The minimum absolute atomic E-state index is 0.0468. The molecule has 0 aromatic heterocycles. The molecular weight excluding hydrogens is 366 g/mol. The first-order valence-electron chi connectivity index (χ1n) is 8.08. The normalized spacial score (nSPS) is 13.1. The summed E-state index contributed by atoms with van der Waals surface area (Å²) in [6.07, 6.45) is 0. The van der Waals surface area contributed by atoms with Gasteiger partial charge in [0.1, 0.15) is 5.02 Å². The Hall–Kier alpha value is -3.51. The maximum absolute atomic E-state index is 12.8. The van der Waals surface area contributed by atoms with E-state index in [9.17, 15) is 14.8 Å². The number of fused-ring (bicyclic) bond motifs is 2. The Morgan fingerprint density at radius 3 is 2.15 bits per heavy atom. The SMILES string of the molecule is O=C1c2ccccc2C(=O)c2c1ccc(N/N=[N+](\[O-])c1ccccc1)c2Cl. The maximum Gasteiger partial charge on any atom is 0.196 e. The van der Waals surface area contributed by atoms with E-state index < -0.39 is 0 Å². The number of nitrogens with one attached hydrogen (secondary N) is 1. The van der Waals surface area contributed by atoms with Crippen LogP contribution in [0.4, 0.5) is 11.4 Å². The zero-order chi connectivity index (χ0) is 19.0. The second-order valence-electron chi connectivity index (χ2n) is 5.87. The van der Waals surface area contributed by atoms with Gasteiger partial charge < -0.3 is 5.21 Å². The number of para-hydroxylation sites is 1. The third-order valence-electron chi connectivity index (χ3n) is 4.27. The van der Waals surface area contributed by atoms with E-state index in [-0.39, 0.29) is 33.4 Å². The molecule has 0 saturated carbocycles. The smallest absolute Gasteiger partial charge is 0.196 e. The van der Waals surface area contributed by atoms with Crippen LogP contribution >= 0.6 is 11.6 Å². The van der Waals surface area contributed by atoms with E-state index in [2.05, 4.69) is 10.6 Å². The van der Waals surface area contributed by atoms with Gasteiger partial charge in [-0.15, -0.1) is 10.3 Å². The largest absolute Gasteiger partial charge is 0.691 e. The summed E-state index contributed by atoms with van der Waals surface area (Å²) in [5, 5.41) is 15.8. The summed E-state index contributed by atoms with van der Waals surface area (Å²) in [4.78, 5) is 25.9. The summed E-state index contributed by atoms with van der Waals surface area (Å²) in [6, 6.07) is 18.0. The van der Waals surface area contributed by atoms with Gasteiger partial charge in [-0.05, 0) is 24.3 Å². The predicted octanol–water partition coefficient (Wildman–Crippen LogP) is 4.74. The summed E-state index contributed by atoms with van der Waals surface area (Å²) >= 11 is 6.37. The predicted molar refractivity (Wildman–Crippen MR) is 101 cm³/mol. The van der Waals surface area contributed by atoms with Gasteiger partial charge in [-0.2, -0.15) is 0 Å². The molecule has 6 nitrogen and oxygen atoms in total. The number of carbonyl (C=O) groups excluding carboxylic acids is 2. The van der Waals surface area contributed by atoms with Gasteiger partial charge in [0.2, 0.25) is 0 Å². The molecule has 1 aliphatic carbocycles. The number of rotatable bonds is 3. The highest BCUT2D eigenvalue weighted by molar-refractivity contribution is 6.41. The van der Waals surface area contributed by atoms with Crippen molar-refractivity contribution in [2.45, 2.75) is 0 Å². The molecule has 0 unspecified atom stereocenters. The molecule has 1 aliphatic rings. The summed E-state index contributed by atoms with van der Waals surface area (Å²) < 4.78 is 0. The molecule has 1 N–H and O–H groups in total. The minimum atomic E-state index is -0.337. The third-order valence-corrected chi connectivity index (χ3v) is 4.66. The fourth-order valence-corrected chi connectivity index (χ4v) is 3.24. The van der Waals surface area contributed by atoms with E-state index >= 15 is 0 Å². The highest BCUT2D eigenvalue weighted by Gasteiger charge is 2.32. The van der Waals surface area contributed by atoms with Gasteiger partial charge in [0, 0.05) is 16.7 Å². The van der Waals surface area contributed by atoms with Crippen molar-refractivity contribution in [3.63, 3.8) is 0 Å². The molecule has 27 heavy (non-hydrogen) atoms. The van der Waals surface area contributed by atoms with Crippen molar-refractivity contribution in [3.05, 3.63) is 99.2 Å². The fourth-order valence-electron chi connectivity index (χ4n) is 2.95. The molecule has 0 bridgehead atoms. The van der Waals surface area contributed by atoms with Crippen LogP contribution in [0.2, 0.25) is 5.02 Å². The van der Waals surface area contributed by atoms with E-state index in [1.807, 2.05) is 0 Å². The standard InChI is InChI=1S/C20H12ClN3O3/c21-18-16(22-23-24(27)12-6-2-1-3-7-12)11-10-15-17(18)20(26)14-9-5-4-8-13(14)19(15)25/h1-11,22H/b24-23-. The van der Waals surface area contributed by atoms with Crippen molar-refractivity contribution < 1.29 is 14.4 Å². The molecule has 0 aliphatic heterocycles. The quantitative estimate of drug-likeness (QED) is 0.317. The van der Waals surface area contributed by atoms with E-state index in [1.165, 1.54) is 12.1 Å². The van der Waals surface area contributed by atoms with E-state index in [1.54, 1.807) is 54.6 Å². The Balaban J connectivity index is 1.72. The molecule has 7 heteroatoms. The van der Waals surface area contributed by atoms with Crippen molar-refractivity contribution in [2.75, 3.05) is 5.43 Å². The van der Waals surface area contributed by atoms with Crippen LogP contribution in [0.15, 0.2) is 72.0 Å². The van der Waals surface area contributed by atoms with Crippen molar-refractivity contribution >= 4 is 34.5 Å². The Morgan fingerprint density at radius 1 is 0.815 bits per heavy atom. The molecule has 0 spiro atoms. The first-order valence-corrected chi connectivity index (χ1v) is 8.45. The van der Waals surface area contributed by atoms with Crippen molar-refractivity contribution in [2.24, 2.45) is 5.22 Å². The van der Waals surface area contributed by atoms with Crippen LogP contribution in [0, 0.1) is 5.21 Å². The molecule has 3 aromatic rings. The number of ketones is 2. The van der Waals surface area contributed by atoms with Gasteiger partial charge in [-0.25, -0.2) is 0 Å². The van der Waals surface area contributed by atoms with Crippen molar-refractivity contribution in [1.29, 1.82) is 0 Å². The zero-order valence-corrected chi connectivity index (χ0v) is 14.6.